The molecule has 0 aromatic heterocycles. The summed E-state index contributed by atoms with van der Waals surface area (Å²) in [6.45, 7) is 6.31. The van der Waals surface area contributed by atoms with Crippen LogP contribution in [0.1, 0.15) is 233 Å². The van der Waals surface area contributed by atoms with Gasteiger partial charge in [-0.2, -0.15) is 0 Å². The maximum Gasteiger partial charge on any atom is 0.306 e. The zero-order valence-electron chi connectivity index (χ0n) is 40.5. The van der Waals surface area contributed by atoms with Gasteiger partial charge < -0.3 is 20.3 Å². The Hall–Kier alpha value is -2.96. The molecule has 0 saturated heterocycles. The van der Waals surface area contributed by atoms with E-state index in [2.05, 4.69) is 111 Å². The minimum absolute atomic E-state index is 0.0464. The van der Waals surface area contributed by atoms with E-state index in [1.165, 1.54) is 70.6 Å². The Labute approximate surface area is 383 Å². The number of carbonyl (C=O) groups excluding carboxylic acids is 2. The van der Waals surface area contributed by atoms with Crippen molar-refractivity contribution < 1.29 is 24.5 Å². The van der Waals surface area contributed by atoms with Crippen molar-refractivity contribution >= 4 is 11.9 Å². The SMILES string of the molecule is CC/C=C\C/C=C\C/C=C\C/C=C\C/C=C\CCCCCC(=O)OC(CCCCCC/C=C/C=C/CCCCC)CC(=O)NC(CO)C(O)CCCCCCCCCCCCC. The van der Waals surface area contributed by atoms with E-state index in [0.717, 1.165) is 116 Å². The Morgan fingerprint density at radius 2 is 0.919 bits per heavy atom. The van der Waals surface area contributed by atoms with Gasteiger partial charge in [0.05, 0.1) is 25.2 Å². The van der Waals surface area contributed by atoms with Crippen LogP contribution in [0.3, 0.4) is 0 Å². The molecule has 6 nitrogen and oxygen atoms in total. The predicted molar refractivity (Wildman–Crippen MR) is 268 cm³/mol. The van der Waals surface area contributed by atoms with Crippen LogP contribution in [0.4, 0.5) is 0 Å². The predicted octanol–water partition coefficient (Wildman–Crippen LogP) is 15.6. The number of hydrogen-bond acceptors (Lipinski definition) is 5. The molecule has 0 heterocycles. The van der Waals surface area contributed by atoms with Gasteiger partial charge in [-0.1, -0.05) is 209 Å². The molecule has 0 aromatic rings. The van der Waals surface area contributed by atoms with Gasteiger partial charge in [0.15, 0.2) is 0 Å². The summed E-state index contributed by atoms with van der Waals surface area (Å²) in [7, 11) is 0. The molecule has 0 fully saturated rings. The third-order valence-corrected chi connectivity index (χ3v) is 11.2. The zero-order valence-corrected chi connectivity index (χ0v) is 40.5. The van der Waals surface area contributed by atoms with E-state index >= 15 is 0 Å². The smallest absolute Gasteiger partial charge is 0.306 e. The van der Waals surface area contributed by atoms with Crippen molar-refractivity contribution in [3.05, 3.63) is 85.1 Å². The van der Waals surface area contributed by atoms with Crippen molar-refractivity contribution in [2.45, 2.75) is 251 Å². The summed E-state index contributed by atoms with van der Waals surface area (Å²) in [6.07, 6.45) is 63.5. The van der Waals surface area contributed by atoms with E-state index in [1.54, 1.807) is 0 Å². The average Bonchev–Trinajstić information content (AvgIpc) is 3.26. The van der Waals surface area contributed by atoms with Crippen LogP contribution in [-0.2, 0) is 14.3 Å². The maximum absolute atomic E-state index is 13.2. The summed E-state index contributed by atoms with van der Waals surface area (Å²) in [5.74, 6) is -0.536. The van der Waals surface area contributed by atoms with Crippen LogP contribution in [0.25, 0.3) is 0 Å². The number of ether oxygens (including phenoxy) is 1. The number of aliphatic hydroxyl groups is 2. The van der Waals surface area contributed by atoms with E-state index in [1.807, 2.05) is 0 Å². The van der Waals surface area contributed by atoms with Crippen LogP contribution in [0.15, 0.2) is 85.1 Å². The standard InChI is InChI=1S/C56H97NO5/c1-4-7-10-13-16-19-22-24-25-26-27-28-29-31-34-37-40-43-46-49-56(61)62-52(47-44-41-38-35-33-30-23-20-17-14-11-8-5-2)50-55(60)57-53(51-58)54(59)48-45-42-39-36-32-21-18-15-12-9-6-3/h7,10,16-17,19-20,23-25,27-28,30-31,34,52-54,58-59H,4-6,8-9,11-15,18,21-22,26,29,32-33,35-51H2,1-3H3,(H,57,60)/b10-7-,19-16-,20-17+,25-24-,28-27-,30-23+,34-31-. The topological polar surface area (TPSA) is 95.9 Å². The fourth-order valence-electron chi connectivity index (χ4n) is 7.33. The quantitative estimate of drug-likeness (QED) is 0.0245. The highest BCUT2D eigenvalue weighted by atomic mass is 16.5. The van der Waals surface area contributed by atoms with E-state index < -0.39 is 18.2 Å². The van der Waals surface area contributed by atoms with E-state index in [0.29, 0.717) is 19.3 Å². The molecule has 0 aromatic carbocycles. The lowest BCUT2D eigenvalue weighted by Crippen LogP contribution is -2.46. The zero-order chi connectivity index (χ0) is 45.2. The Balaban J connectivity index is 4.66. The molecule has 0 rings (SSSR count). The second kappa shape index (κ2) is 49.1. The minimum Gasteiger partial charge on any atom is -0.462 e. The van der Waals surface area contributed by atoms with Gasteiger partial charge in [0, 0.05) is 6.42 Å². The lowest BCUT2D eigenvalue weighted by atomic mass is 10.0. The van der Waals surface area contributed by atoms with Gasteiger partial charge in [-0.15, -0.1) is 0 Å². The lowest BCUT2D eigenvalue weighted by Gasteiger charge is -2.24. The molecule has 62 heavy (non-hydrogen) atoms. The van der Waals surface area contributed by atoms with Crippen LogP contribution >= 0.6 is 0 Å². The Morgan fingerprint density at radius 3 is 1.45 bits per heavy atom. The molecule has 0 radical (unpaired) electrons. The van der Waals surface area contributed by atoms with Crippen molar-refractivity contribution in [2.24, 2.45) is 0 Å². The highest BCUT2D eigenvalue weighted by molar-refractivity contribution is 5.77. The normalized spacial score (nSPS) is 14.0. The molecule has 356 valence electrons. The first kappa shape index (κ1) is 59.0. The maximum atomic E-state index is 13.2. The van der Waals surface area contributed by atoms with Crippen molar-refractivity contribution in [3.8, 4) is 0 Å². The number of esters is 1. The molecule has 0 bridgehead atoms. The first-order chi connectivity index (χ1) is 30.5. The summed E-state index contributed by atoms with van der Waals surface area (Å²) in [6, 6.07) is -0.718. The number of amides is 1. The van der Waals surface area contributed by atoms with E-state index in [4.69, 9.17) is 4.74 Å². The first-order valence-corrected chi connectivity index (χ1v) is 25.8. The number of allylic oxidation sites excluding steroid dienone is 14. The Morgan fingerprint density at radius 1 is 0.500 bits per heavy atom. The summed E-state index contributed by atoms with van der Waals surface area (Å²) in [5.41, 5.74) is 0. The Bertz CT molecular complexity index is 1200. The van der Waals surface area contributed by atoms with Crippen LogP contribution in [0.5, 0.6) is 0 Å². The second-order valence-electron chi connectivity index (χ2n) is 17.2. The molecule has 3 N–H and O–H groups in total. The van der Waals surface area contributed by atoms with Gasteiger partial charge in [-0.3, -0.25) is 9.59 Å². The van der Waals surface area contributed by atoms with Gasteiger partial charge >= 0.3 is 5.97 Å². The minimum atomic E-state index is -0.802. The van der Waals surface area contributed by atoms with Crippen molar-refractivity contribution in [1.82, 2.24) is 5.32 Å². The first-order valence-electron chi connectivity index (χ1n) is 25.8. The lowest BCUT2D eigenvalue weighted by molar-refractivity contribution is -0.151. The summed E-state index contributed by atoms with van der Waals surface area (Å²) >= 11 is 0. The molecular weight excluding hydrogens is 767 g/mol. The van der Waals surface area contributed by atoms with Gasteiger partial charge in [-0.25, -0.2) is 0 Å². The molecule has 3 atom stereocenters. The number of aliphatic hydroxyl groups excluding tert-OH is 2. The molecule has 6 heteroatoms. The van der Waals surface area contributed by atoms with Crippen LogP contribution < -0.4 is 5.32 Å². The van der Waals surface area contributed by atoms with E-state index in [-0.39, 0.29) is 24.9 Å². The van der Waals surface area contributed by atoms with Crippen LogP contribution in [0, 0.1) is 0 Å². The van der Waals surface area contributed by atoms with Crippen molar-refractivity contribution in [2.75, 3.05) is 6.61 Å². The summed E-state index contributed by atoms with van der Waals surface area (Å²) in [5, 5.41) is 23.7. The molecule has 0 aliphatic rings. The number of carbonyl (C=O) groups is 2. The summed E-state index contributed by atoms with van der Waals surface area (Å²) in [4.78, 5) is 26.1. The van der Waals surface area contributed by atoms with Gasteiger partial charge in [0.25, 0.3) is 0 Å². The second-order valence-corrected chi connectivity index (χ2v) is 17.2. The van der Waals surface area contributed by atoms with Gasteiger partial charge in [-0.05, 0) is 96.3 Å². The number of rotatable bonds is 45. The highest BCUT2D eigenvalue weighted by Crippen LogP contribution is 2.17. The third-order valence-electron chi connectivity index (χ3n) is 11.2. The largest absolute Gasteiger partial charge is 0.462 e. The molecule has 3 unspecified atom stereocenters. The highest BCUT2D eigenvalue weighted by Gasteiger charge is 2.24. The summed E-state index contributed by atoms with van der Waals surface area (Å²) < 4.78 is 5.91. The number of nitrogens with one attached hydrogen (secondary N) is 1. The van der Waals surface area contributed by atoms with Crippen LogP contribution in [0.2, 0.25) is 0 Å². The van der Waals surface area contributed by atoms with Crippen LogP contribution in [-0.4, -0.2) is 46.9 Å². The fourth-order valence-corrected chi connectivity index (χ4v) is 7.33. The molecular formula is C56H97NO5. The molecule has 0 saturated carbocycles. The van der Waals surface area contributed by atoms with Gasteiger partial charge in [0.1, 0.15) is 6.10 Å². The number of unbranched alkanes of at least 4 members (excludes halogenated alkanes) is 20. The van der Waals surface area contributed by atoms with Gasteiger partial charge in [0.2, 0.25) is 5.91 Å². The molecule has 0 aliphatic carbocycles. The third kappa shape index (κ3) is 43.7. The molecule has 0 aliphatic heterocycles. The van der Waals surface area contributed by atoms with Crippen molar-refractivity contribution in [3.63, 3.8) is 0 Å². The average molecular weight is 864 g/mol. The number of hydrogen-bond donors (Lipinski definition) is 3. The molecule has 1 amide bonds. The van der Waals surface area contributed by atoms with E-state index in [9.17, 15) is 19.8 Å². The monoisotopic (exact) mass is 864 g/mol. The fraction of sp³-hybridized carbons (Fsp3) is 0.714. The Kier molecular flexibility index (Phi) is 46.7. The molecule has 0 spiro atoms. The van der Waals surface area contributed by atoms with Crippen molar-refractivity contribution in [1.29, 1.82) is 0 Å².